The number of nitrogens with zero attached hydrogens (tertiary/aromatic N) is 6. The zero-order valence-corrected chi connectivity index (χ0v) is 16.1. The standard InChI is InChI=1S/C16H18N6OS2/c1-10-5-6-14(7-11(10)2)22(12(3)23)15-17-13(8-24-15)9-25-16-18-19-20-21(16)4/h5-8H,9H2,1-4H3. The number of thioether (sulfide) groups is 1. The van der Waals surface area contributed by atoms with E-state index < -0.39 is 0 Å². The van der Waals surface area contributed by atoms with Crippen LogP contribution in [0.2, 0.25) is 0 Å². The Hall–Kier alpha value is -2.26. The molecule has 9 heteroatoms. The van der Waals surface area contributed by atoms with Crippen LogP contribution in [0.25, 0.3) is 0 Å². The number of hydrogen-bond donors (Lipinski definition) is 0. The van der Waals surface area contributed by atoms with Crippen LogP contribution >= 0.6 is 23.1 Å². The van der Waals surface area contributed by atoms with Gasteiger partial charge in [-0.2, -0.15) is 0 Å². The van der Waals surface area contributed by atoms with E-state index in [0.29, 0.717) is 10.9 Å². The van der Waals surface area contributed by atoms with Gasteiger partial charge in [0.1, 0.15) is 0 Å². The molecule has 0 N–H and O–H groups in total. The van der Waals surface area contributed by atoms with Crippen LogP contribution in [-0.4, -0.2) is 31.1 Å². The SMILES string of the molecule is CC(=O)N(c1ccc(C)c(C)c1)c1nc(CSc2nnnn2C)cs1. The Kier molecular flexibility index (Phi) is 5.14. The average Bonchev–Trinajstić information content (AvgIpc) is 3.18. The second-order valence-electron chi connectivity index (χ2n) is 5.62. The fraction of sp³-hybridized carbons (Fsp3) is 0.312. The Morgan fingerprint density at radius 1 is 1.32 bits per heavy atom. The quantitative estimate of drug-likeness (QED) is 0.638. The topological polar surface area (TPSA) is 76.8 Å². The molecule has 25 heavy (non-hydrogen) atoms. The van der Waals surface area contributed by atoms with Gasteiger partial charge in [0.2, 0.25) is 11.1 Å². The summed E-state index contributed by atoms with van der Waals surface area (Å²) in [6.07, 6.45) is 0. The Morgan fingerprint density at radius 3 is 2.76 bits per heavy atom. The van der Waals surface area contributed by atoms with E-state index in [1.807, 2.05) is 30.5 Å². The van der Waals surface area contributed by atoms with Crippen molar-refractivity contribution < 1.29 is 4.79 Å². The first kappa shape index (κ1) is 17.6. The van der Waals surface area contributed by atoms with E-state index in [9.17, 15) is 4.79 Å². The minimum Gasteiger partial charge on any atom is -0.274 e. The lowest BCUT2D eigenvalue weighted by Gasteiger charge is -2.19. The van der Waals surface area contributed by atoms with Crippen molar-refractivity contribution in [3.8, 4) is 0 Å². The third-order valence-corrected chi connectivity index (χ3v) is 5.64. The minimum absolute atomic E-state index is 0.0608. The van der Waals surface area contributed by atoms with Crippen molar-refractivity contribution >= 4 is 39.8 Å². The van der Waals surface area contributed by atoms with E-state index >= 15 is 0 Å². The lowest BCUT2D eigenvalue weighted by Crippen LogP contribution is -2.22. The molecule has 0 aliphatic heterocycles. The molecular weight excluding hydrogens is 356 g/mol. The zero-order chi connectivity index (χ0) is 18.0. The fourth-order valence-corrected chi connectivity index (χ4v) is 3.97. The third-order valence-electron chi connectivity index (χ3n) is 3.72. The molecule has 2 aromatic heterocycles. The molecule has 0 radical (unpaired) electrons. The predicted octanol–water partition coefficient (Wildman–Crippen LogP) is 3.26. The summed E-state index contributed by atoms with van der Waals surface area (Å²) in [6.45, 7) is 5.64. The van der Waals surface area contributed by atoms with Gasteiger partial charge in [0.15, 0.2) is 5.13 Å². The molecule has 0 spiro atoms. The number of hydrogen-bond acceptors (Lipinski definition) is 7. The monoisotopic (exact) mass is 374 g/mol. The van der Waals surface area contributed by atoms with Crippen LogP contribution in [0.1, 0.15) is 23.7 Å². The summed E-state index contributed by atoms with van der Waals surface area (Å²) in [6, 6.07) is 5.98. The van der Waals surface area contributed by atoms with Gasteiger partial charge < -0.3 is 0 Å². The highest BCUT2D eigenvalue weighted by Crippen LogP contribution is 2.31. The largest absolute Gasteiger partial charge is 0.274 e. The minimum atomic E-state index is -0.0608. The lowest BCUT2D eigenvalue weighted by atomic mass is 10.1. The molecule has 0 aliphatic carbocycles. The van der Waals surface area contributed by atoms with E-state index in [2.05, 4.69) is 27.4 Å². The highest BCUT2D eigenvalue weighted by molar-refractivity contribution is 7.98. The predicted molar refractivity (Wildman–Crippen MR) is 99.2 cm³/mol. The Balaban J connectivity index is 1.81. The van der Waals surface area contributed by atoms with Crippen molar-refractivity contribution in [2.45, 2.75) is 31.7 Å². The molecule has 7 nitrogen and oxygen atoms in total. The summed E-state index contributed by atoms with van der Waals surface area (Å²) in [5.41, 5.74) is 4.07. The Bertz CT molecular complexity index is 904. The van der Waals surface area contributed by atoms with Gasteiger partial charge in [0.05, 0.1) is 11.4 Å². The van der Waals surface area contributed by atoms with Gasteiger partial charge in [-0.25, -0.2) is 9.67 Å². The first-order chi connectivity index (χ1) is 12.0. The second kappa shape index (κ2) is 7.32. The lowest BCUT2D eigenvalue weighted by molar-refractivity contribution is -0.115. The van der Waals surface area contributed by atoms with Crippen LogP contribution in [0.15, 0.2) is 28.7 Å². The van der Waals surface area contributed by atoms with Crippen molar-refractivity contribution in [2.24, 2.45) is 7.05 Å². The van der Waals surface area contributed by atoms with Gasteiger partial charge in [0.25, 0.3) is 0 Å². The van der Waals surface area contributed by atoms with E-state index in [1.54, 1.807) is 23.6 Å². The van der Waals surface area contributed by atoms with Crippen LogP contribution in [0.4, 0.5) is 10.8 Å². The number of benzene rings is 1. The Labute approximate surface area is 154 Å². The number of carbonyl (C=O) groups is 1. The molecule has 0 saturated carbocycles. The molecular formula is C16H18N6OS2. The summed E-state index contributed by atoms with van der Waals surface area (Å²) in [7, 11) is 1.80. The molecule has 0 fully saturated rings. The summed E-state index contributed by atoms with van der Waals surface area (Å²) in [5.74, 6) is 0.581. The number of tetrazole rings is 1. The molecule has 130 valence electrons. The molecule has 0 aliphatic rings. The van der Waals surface area contributed by atoms with Crippen LogP contribution in [-0.2, 0) is 17.6 Å². The first-order valence-electron chi connectivity index (χ1n) is 7.63. The van der Waals surface area contributed by atoms with Crippen molar-refractivity contribution in [3.63, 3.8) is 0 Å². The number of rotatable bonds is 5. The van der Waals surface area contributed by atoms with Crippen LogP contribution < -0.4 is 4.90 Å². The smallest absolute Gasteiger partial charge is 0.230 e. The fourth-order valence-electron chi connectivity index (χ4n) is 2.24. The van der Waals surface area contributed by atoms with Crippen LogP contribution in [0, 0.1) is 13.8 Å². The molecule has 0 unspecified atom stereocenters. The van der Waals surface area contributed by atoms with E-state index in [0.717, 1.165) is 22.1 Å². The van der Waals surface area contributed by atoms with Crippen molar-refractivity contribution in [1.29, 1.82) is 0 Å². The van der Waals surface area contributed by atoms with Gasteiger partial charge in [-0.15, -0.1) is 16.4 Å². The molecule has 0 atom stereocenters. The van der Waals surface area contributed by atoms with Gasteiger partial charge in [0, 0.05) is 25.1 Å². The van der Waals surface area contributed by atoms with Crippen LogP contribution in [0.3, 0.4) is 0 Å². The number of carbonyl (C=O) groups excluding carboxylic acids is 1. The summed E-state index contributed by atoms with van der Waals surface area (Å²) in [5, 5.41) is 14.7. The van der Waals surface area contributed by atoms with E-state index in [-0.39, 0.29) is 5.91 Å². The van der Waals surface area contributed by atoms with Crippen LogP contribution in [0.5, 0.6) is 0 Å². The number of amides is 1. The van der Waals surface area contributed by atoms with E-state index in [4.69, 9.17) is 0 Å². The third kappa shape index (κ3) is 3.88. The molecule has 1 aromatic carbocycles. The maximum absolute atomic E-state index is 12.2. The van der Waals surface area contributed by atoms with Crippen molar-refractivity contribution in [1.82, 2.24) is 25.2 Å². The number of aromatic nitrogens is 5. The number of aryl methyl sites for hydroxylation is 3. The highest BCUT2D eigenvalue weighted by Gasteiger charge is 2.18. The zero-order valence-electron chi connectivity index (χ0n) is 14.4. The van der Waals surface area contributed by atoms with Gasteiger partial charge in [-0.05, 0) is 47.5 Å². The summed E-state index contributed by atoms with van der Waals surface area (Å²) in [4.78, 5) is 18.5. The molecule has 3 rings (SSSR count). The molecule has 0 bridgehead atoms. The van der Waals surface area contributed by atoms with E-state index in [1.165, 1.54) is 28.7 Å². The van der Waals surface area contributed by atoms with Crippen molar-refractivity contribution in [2.75, 3.05) is 4.90 Å². The summed E-state index contributed by atoms with van der Waals surface area (Å²) >= 11 is 2.96. The van der Waals surface area contributed by atoms with Crippen molar-refractivity contribution in [3.05, 3.63) is 40.4 Å². The maximum atomic E-state index is 12.2. The second-order valence-corrected chi connectivity index (χ2v) is 7.40. The van der Waals surface area contributed by atoms with Gasteiger partial charge >= 0.3 is 0 Å². The Morgan fingerprint density at radius 2 is 2.12 bits per heavy atom. The first-order valence-corrected chi connectivity index (χ1v) is 9.49. The number of anilines is 2. The summed E-state index contributed by atoms with van der Waals surface area (Å²) < 4.78 is 1.62. The maximum Gasteiger partial charge on any atom is 0.230 e. The average molecular weight is 374 g/mol. The number of thiazole rings is 1. The van der Waals surface area contributed by atoms with Gasteiger partial charge in [-0.1, -0.05) is 17.8 Å². The molecule has 3 aromatic rings. The highest BCUT2D eigenvalue weighted by atomic mass is 32.2. The molecule has 1 amide bonds. The molecule has 0 saturated heterocycles. The molecule has 2 heterocycles. The normalized spacial score (nSPS) is 10.9. The van der Waals surface area contributed by atoms with Gasteiger partial charge in [-0.3, -0.25) is 9.69 Å².